The topological polar surface area (TPSA) is 202 Å². The van der Waals surface area contributed by atoms with Gasteiger partial charge in [0.05, 0.1) is 29.9 Å². The molecule has 2 saturated carbocycles. The predicted molar refractivity (Wildman–Crippen MR) is 226 cm³/mol. The predicted octanol–water partition coefficient (Wildman–Crippen LogP) is 4.73. The molecule has 344 valence electrons. The summed E-state index contributed by atoms with van der Waals surface area (Å²) in [5.74, 6) is -3.37. The van der Waals surface area contributed by atoms with Crippen LogP contribution in [0.4, 0.5) is 4.79 Å². The maximum atomic E-state index is 14.4. The van der Waals surface area contributed by atoms with Crippen molar-refractivity contribution in [2.75, 3.05) is 27.2 Å². The Morgan fingerprint density at radius 3 is 2.30 bits per heavy atom. The van der Waals surface area contributed by atoms with E-state index in [4.69, 9.17) is 33.2 Å². The zero-order chi connectivity index (χ0) is 46.0. The highest BCUT2D eigenvalue weighted by Gasteiger charge is 2.77. The Morgan fingerprint density at radius 2 is 1.71 bits per heavy atom. The summed E-state index contributed by atoms with van der Waals surface area (Å²) in [4.78, 5) is 61.5. The van der Waals surface area contributed by atoms with Crippen LogP contribution in [0.15, 0.2) is 59.8 Å². The van der Waals surface area contributed by atoms with E-state index in [0.29, 0.717) is 30.5 Å². The van der Waals surface area contributed by atoms with Crippen LogP contribution in [0.1, 0.15) is 102 Å². The molecule has 0 spiro atoms. The van der Waals surface area contributed by atoms with Crippen LogP contribution in [0.25, 0.3) is 0 Å². The first kappa shape index (κ1) is 46.5. The molecule has 2 saturated heterocycles. The largest absolute Gasteiger partial charge is 0.456 e. The van der Waals surface area contributed by atoms with Crippen LogP contribution in [-0.2, 0) is 42.7 Å². The number of aromatic nitrogens is 1. The summed E-state index contributed by atoms with van der Waals surface area (Å²) >= 11 is 0. The Labute approximate surface area is 368 Å². The number of ether oxygens (including phenoxy) is 7. The fourth-order valence-electron chi connectivity index (χ4n) is 10.8. The molecule has 2 aromatic rings. The monoisotopic (exact) mass is 877 g/mol. The fourth-order valence-corrected chi connectivity index (χ4v) is 10.8. The van der Waals surface area contributed by atoms with Crippen LogP contribution in [0.2, 0.25) is 0 Å². The average Bonchev–Trinajstić information content (AvgIpc) is 3.59. The lowest BCUT2D eigenvalue weighted by molar-refractivity contribution is -0.345. The van der Waals surface area contributed by atoms with Crippen LogP contribution in [-0.4, -0.2) is 131 Å². The number of fused-ring (bicyclic) bond motifs is 8. The summed E-state index contributed by atoms with van der Waals surface area (Å²) in [6.07, 6.45) is -6.30. The van der Waals surface area contributed by atoms with E-state index in [1.807, 2.05) is 46.7 Å². The van der Waals surface area contributed by atoms with Gasteiger partial charge in [-0.05, 0) is 96.5 Å². The van der Waals surface area contributed by atoms with Crippen molar-refractivity contribution in [1.29, 1.82) is 0 Å². The molecule has 1 aromatic carbocycles. The van der Waals surface area contributed by atoms with E-state index in [9.17, 15) is 29.4 Å². The van der Waals surface area contributed by atoms with Gasteiger partial charge >= 0.3 is 24.0 Å². The number of hydrogen-bond acceptors (Lipinski definition) is 15. The van der Waals surface area contributed by atoms with Gasteiger partial charge in [-0.2, -0.15) is 0 Å². The number of carbonyl (C=O) groups excluding carboxylic acids is 4. The van der Waals surface area contributed by atoms with Crippen LogP contribution in [0, 0.1) is 23.7 Å². The minimum absolute atomic E-state index is 0.0296. The summed E-state index contributed by atoms with van der Waals surface area (Å²) in [6, 6.07) is 10.3. The lowest BCUT2D eigenvalue weighted by atomic mass is 9.45. The zero-order valence-corrected chi connectivity index (χ0v) is 38.1. The molecule has 3 aliphatic carbocycles. The Bertz CT molecular complexity index is 2100. The number of rotatable bonds is 10. The third kappa shape index (κ3) is 8.38. The number of carbonyl (C=O) groups is 4. The summed E-state index contributed by atoms with van der Waals surface area (Å²) in [6.45, 7) is 16.0. The van der Waals surface area contributed by atoms with Crippen LogP contribution in [0.5, 0.6) is 0 Å². The van der Waals surface area contributed by atoms with Gasteiger partial charge in [-0.25, -0.2) is 14.4 Å². The normalized spacial score (nSPS) is 34.1. The molecule has 7 rings (SSSR count). The number of pyridine rings is 1. The van der Waals surface area contributed by atoms with Crippen LogP contribution >= 0.6 is 0 Å². The van der Waals surface area contributed by atoms with E-state index in [1.54, 1.807) is 70.2 Å². The number of alkyl carbamates (subject to hydrolysis) is 1. The highest BCUT2D eigenvalue weighted by molar-refractivity contribution is 5.89. The van der Waals surface area contributed by atoms with Gasteiger partial charge < -0.3 is 53.6 Å². The first-order chi connectivity index (χ1) is 29.4. The van der Waals surface area contributed by atoms with Crippen molar-refractivity contribution in [2.45, 2.75) is 147 Å². The molecule has 3 heterocycles. The lowest BCUT2D eigenvalue weighted by Gasteiger charge is -2.68. The van der Waals surface area contributed by atoms with Crippen molar-refractivity contribution in [3.63, 3.8) is 0 Å². The smallest absolute Gasteiger partial charge is 0.408 e. The van der Waals surface area contributed by atoms with Gasteiger partial charge in [-0.15, -0.1) is 0 Å². The van der Waals surface area contributed by atoms with Crippen molar-refractivity contribution in [3.8, 4) is 0 Å². The van der Waals surface area contributed by atoms with E-state index >= 15 is 0 Å². The standard InChI is InChI=1S/C47H63N3O13/c1-25-17-18-29(48-22-25)34(49-42(55)63-43(4,5)6)35(52)41(54)58-30-21-47(56)39(61-40(53)28-15-13-12-14-16-28)37-45(9,20-19-31-46(37,24-57-31)62-27(3)51)38-36(33(26(30)2)44(47,7)8)59-32(60-38)23-50(10)11/h12-18,22,30-32,34-39,52,56H,19-21,23-24H2,1-11H3,(H,49,55)/t30-,31+,32+,34-,35+,36+,37-,38+,39-,45+,46-,47+/m0/s1. The highest BCUT2D eigenvalue weighted by Crippen LogP contribution is 2.66. The van der Waals surface area contributed by atoms with Crippen molar-refractivity contribution in [3.05, 3.63) is 76.6 Å². The van der Waals surface area contributed by atoms with E-state index in [0.717, 1.165) is 5.56 Å². The third-order valence-corrected chi connectivity index (χ3v) is 13.8. The van der Waals surface area contributed by atoms with Gasteiger partial charge in [0.25, 0.3) is 0 Å². The van der Waals surface area contributed by atoms with E-state index < -0.39 is 107 Å². The Balaban J connectivity index is 1.38. The molecule has 16 nitrogen and oxygen atoms in total. The summed E-state index contributed by atoms with van der Waals surface area (Å²) in [5, 5.41) is 28.3. The molecule has 1 aromatic heterocycles. The fraction of sp³-hybridized carbons (Fsp3) is 0.638. The van der Waals surface area contributed by atoms with Crippen molar-refractivity contribution >= 4 is 24.0 Å². The number of nitrogens with zero attached hydrogens (tertiary/aromatic N) is 2. The van der Waals surface area contributed by atoms with E-state index in [-0.39, 0.29) is 24.3 Å². The average molecular weight is 878 g/mol. The number of aliphatic hydroxyl groups is 2. The Morgan fingerprint density at radius 1 is 1.02 bits per heavy atom. The van der Waals surface area contributed by atoms with Gasteiger partial charge in [-0.3, -0.25) is 9.78 Å². The number of nitrogens with one attached hydrogen (secondary N) is 1. The SMILES string of the molecule is CC(=O)O[C@@]12CO[C@@H]1CC[C@@]1(C)[C@@H]3O[C@H](CN(C)C)O[C@@H]3C3=C(C)[C@@H](OC(=O)[C@H](O)[C@@H](NC(=O)OC(C)(C)C)c4ccc(C)cn4)C[C@@](O)([C@@H](OC(=O)c4ccccc4)[C@@H]12)C3(C)C. The van der Waals surface area contributed by atoms with Gasteiger partial charge in [-0.1, -0.05) is 45.0 Å². The summed E-state index contributed by atoms with van der Waals surface area (Å²) < 4.78 is 44.7. The molecule has 0 unspecified atom stereocenters. The number of aryl methyl sites for hydroxylation is 1. The van der Waals surface area contributed by atoms with Gasteiger partial charge in [0, 0.05) is 36.9 Å². The number of aliphatic hydroxyl groups excluding tert-OH is 1. The molecule has 63 heavy (non-hydrogen) atoms. The number of benzene rings is 1. The van der Waals surface area contributed by atoms with E-state index in [1.165, 1.54) is 13.1 Å². The van der Waals surface area contributed by atoms with Crippen molar-refractivity contribution in [2.24, 2.45) is 16.7 Å². The maximum absolute atomic E-state index is 14.4. The Kier molecular flexibility index (Phi) is 12.4. The molecule has 3 N–H and O–H groups in total. The minimum Gasteiger partial charge on any atom is -0.456 e. The number of amides is 1. The minimum atomic E-state index is -2.07. The lowest BCUT2D eigenvalue weighted by Crippen LogP contribution is -2.79. The summed E-state index contributed by atoms with van der Waals surface area (Å²) in [5.41, 5.74) is -4.26. The molecule has 2 bridgehead atoms. The van der Waals surface area contributed by atoms with Crippen LogP contribution < -0.4 is 5.32 Å². The molecule has 1 amide bonds. The Hall–Kier alpha value is -4.45. The van der Waals surface area contributed by atoms with Gasteiger partial charge in [0.1, 0.15) is 41.7 Å². The van der Waals surface area contributed by atoms with E-state index in [2.05, 4.69) is 10.3 Å². The quantitative estimate of drug-likeness (QED) is 0.168. The van der Waals surface area contributed by atoms with Gasteiger partial charge in [0.15, 0.2) is 18.0 Å². The third-order valence-electron chi connectivity index (χ3n) is 13.8. The maximum Gasteiger partial charge on any atom is 0.408 e. The molecular formula is C47H63N3O13. The molecule has 0 radical (unpaired) electrons. The first-order valence-electron chi connectivity index (χ1n) is 21.7. The molecule has 5 aliphatic rings. The number of esters is 3. The zero-order valence-electron chi connectivity index (χ0n) is 38.1. The second-order valence-electron chi connectivity index (χ2n) is 20.0. The van der Waals surface area contributed by atoms with Gasteiger partial charge in [0.2, 0.25) is 0 Å². The highest BCUT2D eigenvalue weighted by atomic mass is 16.7. The molecule has 16 heteroatoms. The summed E-state index contributed by atoms with van der Waals surface area (Å²) in [7, 11) is 3.80. The van der Waals surface area contributed by atoms with Crippen molar-refractivity contribution < 1.29 is 62.5 Å². The first-order valence-corrected chi connectivity index (χ1v) is 21.7. The molecule has 4 fully saturated rings. The molecular weight excluding hydrogens is 815 g/mol. The van der Waals surface area contributed by atoms with Crippen molar-refractivity contribution in [1.82, 2.24) is 15.2 Å². The second-order valence-corrected chi connectivity index (χ2v) is 20.0. The van der Waals surface area contributed by atoms with Crippen LogP contribution in [0.3, 0.4) is 0 Å². The molecule has 12 atom stereocenters. The molecule has 2 aliphatic heterocycles. The number of likely N-dealkylation sites (N-methyl/N-ethyl adjacent to an activating group) is 1. The number of hydrogen-bond donors (Lipinski definition) is 3. The second kappa shape index (κ2) is 16.8.